The number of carbonyl (C=O) groups excluding carboxylic acids is 2. The van der Waals surface area contributed by atoms with Crippen LogP contribution in [0.15, 0.2) is 22.8 Å². The van der Waals surface area contributed by atoms with Gasteiger partial charge < -0.3 is 0 Å². The number of Topliss-reactive ketones (excluding diaryl/α,β-unsaturated/α-hetero) is 1. The van der Waals surface area contributed by atoms with Crippen molar-refractivity contribution < 1.29 is 9.59 Å². The fourth-order valence-electron chi connectivity index (χ4n) is 5.75. The summed E-state index contributed by atoms with van der Waals surface area (Å²) in [5.41, 5.74) is 3.78. The van der Waals surface area contributed by atoms with Gasteiger partial charge in [0.25, 0.3) is 0 Å². The van der Waals surface area contributed by atoms with Crippen molar-refractivity contribution in [1.82, 2.24) is 0 Å². The average Bonchev–Trinajstić information content (AvgIpc) is 2.40. The molecule has 2 heteroatoms. The number of rotatable bonds is 2. The van der Waals surface area contributed by atoms with Crippen LogP contribution in [0.1, 0.15) is 53.9 Å². The molecule has 0 heterocycles. The number of allylic oxidation sites excluding steroid dienone is 4. The summed E-state index contributed by atoms with van der Waals surface area (Å²) in [5, 5.41) is 0. The molecule has 6 aliphatic carbocycles. The van der Waals surface area contributed by atoms with Crippen LogP contribution in [-0.4, -0.2) is 11.6 Å². The summed E-state index contributed by atoms with van der Waals surface area (Å²) in [6, 6.07) is 0. The normalized spacial score (nSPS) is 40.9. The molecular formula is C20H26O2. The fraction of sp³-hybridized carbons (Fsp3) is 0.700. The second kappa shape index (κ2) is 4.01. The van der Waals surface area contributed by atoms with E-state index in [0.717, 1.165) is 24.8 Å². The van der Waals surface area contributed by atoms with Crippen molar-refractivity contribution in [1.29, 1.82) is 0 Å². The molecule has 0 aromatic rings. The lowest BCUT2D eigenvalue weighted by Crippen LogP contribution is -2.55. The maximum absolute atomic E-state index is 12.9. The molecule has 4 atom stereocenters. The van der Waals surface area contributed by atoms with Crippen LogP contribution < -0.4 is 0 Å². The minimum atomic E-state index is 0.0928. The van der Waals surface area contributed by atoms with Crippen LogP contribution in [-0.2, 0) is 9.59 Å². The second-order valence-electron chi connectivity index (χ2n) is 9.15. The Bertz CT molecular complexity index is 659. The van der Waals surface area contributed by atoms with Gasteiger partial charge in [-0.05, 0) is 60.5 Å². The van der Waals surface area contributed by atoms with Gasteiger partial charge in [-0.2, -0.15) is 0 Å². The van der Waals surface area contributed by atoms with E-state index < -0.39 is 0 Å². The topological polar surface area (TPSA) is 34.1 Å². The van der Waals surface area contributed by atoms with E-state index in [4.69, 9.17) is 0 Å². The highest BCUT2D eigenvalue weighted by Crippen LogP contribution is 2.62. The highest BCUT2D eigenvalue weighted by atomic mass is 16.1. The monoisotopic (exact) mass is 298 g/mol. The van der Waals surface area contributed by atoms with Crippen LogP contribution in [0.3, 0.4) is 0 Å². The molecule has 2 nitrogen and oxygen atoms in total. The van der Waals surface area contributed by atoms with Gasteiger partial charge in [-0.1, -0.05) is 38.8 Å². The van der Waals surface area contributed by atoms with Crippen LogP contribution in [0, 0.1) is 34.5 Å². The van der Waals surface area contributed by atoms with E-state index in [9.17, 15) is 9.59 Å². The van der Waals surface area contributed by atoms with Crippen LogP contribution >= 0.6 is 0 Å². The first kappa shape index (κ1) is 14.4. The van der Waals surface area contributed by atoms with Gasteiger partial charge in [0.1, 0.15) is 0 Å². The number of fused-ring (bicyclic) bond motifs is 2. The van der Waals surface area contributed by atoms with E-state index in [2.05, 4.69) is 34.6 Å². The lowest BCUT2D eigenvalue weighted by atomic mass is 9.45. The molecule has 0 aromatic heterocycles. The predicted molar refractivity (Wildman–Crippen MR) is 86.2 cm³/mol. The third-order valence-electron chi connectivity index (χ3n) is 7.65. The first-order chi connectivity index (χ1) is 10.2. The van der Waals surface area contributed by atoms with Gasteiger partial charge in [0.2, 0.25) is 0 Å². The Kier molecular flexibility index (Phi) is 2.63. The standard InChI is InChI=1S/C20H26O2/c1-10-12(18(22)16-8-13(10)19(16,2)3)6-11-7-17(21)15-9-14(11)20(15,4)5/h7,13-16H,6,8-9H2,1-5H3/t13-,14-,15+,16+/m1/s1. The third kappa shape index (κ3) is 1.51. The van der Waals surface area contributed by atoms with Crippen molar-refractivity contribution in [3.8, 4) is 0 Å². The summed E-state index contributed by atoms with van der Waals surface area (Å²) in [7, 11) is 0. The molecule has 6 aliphatic rings. The smallest absolute Gasteiger partial charge is 0.162 e. The van der Waals surface area contributed by atoms with Crippen molar-refractivity contribution >= 4 is 11.6 Å². The molecule has 0 N–H and O–H groups in total. The zero-order valence-electron chi connectivity index (χ0n) is 14.3. The molecule has 0 amide bonds. The van der Waals surface area contributed by atoms with E-state index in [1.54, 1.807) is 0 Å². The minimum Gasteiger partial charge on any atom is -0.295 e. The second-order valence-corrected chi connectivity index (χ2v) is 9.15. The lowest BCUT2D eigenvalue weighted by molar-refractivity contribution is -0.137. The van der Waals surface area contributed by atoms with Crippen molar-refractivity contribution in [2.75, 3.05) is 0 Å². The summed E-state index contributed by atoms with van der Waals surface area (Å²) in [4.78, 5) is 25.1. The molecule has 2 fully saturated rings. The Morgan fingerprint density at radius 2 is 1.55 bits per heavy atom. The molecule has 0 aliphatic heterocycles. The summed E-state index contributed by atoms with van der Waals surface area (Å²) < 4.78 is 0. The molecule has 6 rings (SSSR count). The summed E-state index contributed by atoms with van der Waals surface area (Å²) >= 11 is 0. The van der Waals surface area contributed by atoms with Gasteiger partial charge in [-0.15, -0.1) is 0 Å². The predicted octanol–water partition coefficient (Wildman–Crippen LogP) is 4.11. The van der Waals surface area contributed by atoms with E-state index in [0.29, 0.717) is 17.6 Å². The highest BCUT2D eigenvalue weighted by Gasteiger charge is 2.58. The van der Waals surface area contributed by atoms with Crippen LogP contribution in [0.4, 0.5) is 0 Å². The molecule has 0 aromatic carbocycles. The number of carbonyl (C=O) groups is 2. The first-order valence-corrected chi connectivity index (χ1v) is 8.64. The summed E-state index contributed by atoms with van der Waals surface area (Å²) in [6.07, 6.45) is 4.62. The quantitative estimate of drug-likeness (QED) is 0.769. The van der Waals surface area contributed by atoms with Gasteiger partial charge in [-0.25, -0.2) is 0 Å². The first-order valence-electron chi connectivity index (χ1n) is 8.64. The largest absolute Gasteiger partial charge is 0.295 e. The van der Waals surface area contributed by atoms with Gasteiger partial charge in [0, 0.05) is 11.8 Å². The summed E-state index contributed by atoms with van der Waals surface area (Å²) in [6.45, 7) is 11.0. The minimum absolute atomic E-state index is 0.0928. The van der Waals surface area contributed by atoms with E-state index in [-0.39, 0.29) is 28.4 Å². The van der Waals surface area contributed by atoms with Crippen molar-refractivity contribution in [2.24, 2.45) is 34.5 Å². The Balaban J connectivity index is 1.67. The molecule has 22 heavy (non-hydrogen) atoms. The Labute approximate surface area is 133 Å². The summed E-state index contributed by atoms with van der Waals surface area (Å²) in [5.74, 6) is 2.12. The molecule has 0 saturated heterocycles. The fourth-order valence-corrected chi connectivity index (χ4v) is 5.75. The zero-order chi connectivity index (χ0) is 16.0. The lowest BCUT2D eigenvalue weighted by Gasteiger charge is -2.58. The van der Waals surface area contributed by atoms with E-state index in [1.165, 1.54) is 11.1 Å². The number of ketones is 2. The van der Waals surface area contributed by atoms with Gasteiger partial charge >= 0.3 is 0 Å². The van der Waals surface area contributed by atoms with Crippen LogP contribution in [0.5, 0.6) is 0 Å². The number of hydrogen-bond donors (Lipinski definition) is 0. The molecule has 0 radical (unpaired) electrons. The van der Waals surface area contributed by atoms with Crippen molar-refractivity contribution in [2.45, 2.75) is 53.9 Å². The van der Waals surface area contributed by atoms with Gasteiger partial charge in [0.15, 0.2) is 11.6 Å². The average molecular weight is 298 g/mol. The number of hydrogen-bond acceptors (Lipinski definition) is 2. The molecule has 0 spiro atoms. The molecule has 4 bridgehead atoms. The van der Waals surface area contributed by atoms with Crippen molar-refractivity contribution in [3.63, 3.8) is 0 Å². The maximum Gasteiger partial charge on any atom is 0.162 e. The van der Waals surface area contributed by atoms with E-state index >= 15 is 0 Å². The Morgan fingerprint density at radius 1 is 0.955 bits per heavy atom. The van der Waals surface area contributed by atoms with Gasteiger partial charge in [-0.3, -0.25) is 9.59 Å². The van der Waals surface area contributed by atoms with Crippen molar-refractivity contribution in [3.05, 3.63) is 22.8 Å². The Hall–Kier alpha value is -1.18. The SMILES string of the molecule is CC1=C(CC2=CC(=O)[C@@H]3C[C@H]2C3(C)C)C(=O)[C@@H]2C[C@H]1C2(C)C. The Morgan fingerprint density at radius 3 is 2.05 bits per heavy atom. The zero-order valence-corrected chi connectivity index (χ0v) is 14.3. The molecule has 118 valence electrons. The maximum atomic E-state index is 12.9. The molecular weight excluding hydrogens is 272 g/mol. The molecule has 2 saturated carbocycles. The highest BCUT2D eigenvalue weighted by molar-refractivity contribution is 6.02. The third-order valence-corrected chi connectivity index (χ3v) is 7.65. The van der Waals surface area contributed by atoms with E-state index in [1.807, 2.05) is 6.08 Å². The molecule has 0 unspecified atom stereocenters. The van der Waals surface area contributed by atoms with Gasteiger partial charge in [0.05, 0.1) is 0 Å². The van der Waals surface area contributed by atoms with Crippen LogP contribution in [0.25, 0.3) is 0 Å². The van der Waals surface area contributed by atoms with Crippen LogP contribution in [0.2, 0.25) is 0 Å².